The molecule has 0 radical (unpaired) electrons. The van der Waals surface area contributed by atoms with E-state index in [0.717, 1.165) is 35.8 Å². The van der Waals surface area contributed by atoms with Crippen molar-refractivity contribution in [3.8, 4) is 5.75 Å². The topological polar surface area (TPSA) is 89.5 Å². The number of halogens is 2. The van der Waals surface area contributed by atoms with Crippen LogP contribution in [-0.2, 0) is 0 Å². The molecule has 0 unspecified atom stereocenters. The molecule has 0 aliphatic heterocycles. The molecule has 2 N–H and O–H groups in total. The van der Waals surface area contributed by atoms with Gasteiger partial charge in [-0.15, -0.1) is 0 Å². The van der Waals surface area contributed by atoms with Gasteiger partial charge in [0.25, 0.3) is 0 Å². The van der Waals surface area contributed by atoms with Crippen molar-refractivity contribution in [1.29, 1.82) is 0 Å². The lowest BCUT2D eigenvalue weighted by Gasteiger charge is -2.14. The zero-order valence-corrected chi connectivity index (χ0v) is 19.9. The lowest BCUT2D eigenvalue weighted by Crippen LogP contribution is -2.50. The second kappa shape index (κ2) is 11.0. The summed E-state index contributed by atoms with van der Waals surface area (Å²) < 4.78 is 35.5. The largest absolute Gasteiger partial charge is 0.491 e. The van der Waals surface area contributed by atoms with Gasteiger partial charge in [-0.3, -0.25) is 14.3 Å². The van der Waals surface area contributed by atoms with Gasteiger partial charge in [0, 0.05) is 41.1 Å². The first-order valence-electron chi connectivity index (χ1n) is 11.9. The number of pyridine rings is 1. The molecule has 1 saturated carbocycles. The molecule has 0 bridgehead atoms. The zero-order chi connectivity index (χ0) is 24.9. The Bertz CT molecular complexity index is 1170. The van der Waals surface area contributed by atoms with Crippen LogP contribution in [0.3, 0.4) is 0 Å². The summed E-state index contributed by atoms with van der Waals surface area (Å²) >= 11 is 0. The van der Waals surface area contributed by atoms with Gasteiger partial charge in [-0.2, -0.15) is 13.9 Å². The normalized spacial score (nSPS) is 14.3. The second-order valence-electron chi connectivity index (χ2n) is 8.79. The number of fused-ring (bicyclic) bond motifs is 1. The molecule has 188 valence electrons. The molecule has 2 aromatic heterocycles. The van der Waals surface area contributed by atoms with E-state index in [2.05, 4.69) is 12.2 Å². The summed E-state index contributed by atoms with van der Waals surface area (Å²) in [6.07, 6.45) is 3.71. The molecule has 0 spiro atoms. The van der Waals surface area contributed by atoms with E-state index in [1.807, 2.05) is 10.9 Å². The van der Waals surface area contributed by atoms with Crippen molar-refractivity contribution in [2.45, 2.75) is 51.5 Å². The number of aromatic nitrogens is 3. The van der Waals surface area contributed by atoms with Crippen LogP contribution in [0.15, 0.2) is 36.5 Å². The lowest BCUT2D eigenvalue weighted by molar-refractivity contribution is -0.893. The van der Waals surface area contributed by atoms with Crippen LogP contribution in [-0.4, -0.2) is 41.1 Å². The van der Waals surface area contributed by atoms with E-state index in [1.54, 1.807) is 12.1 Å². The van der Waals surface area contributed by atoms with Gasteiger partial charge in [0.2, 0.25) is 0 Å². The number of hydrogen-bond acceptors (Lipinski definition) is 5. The van der Waals surface area contributed by atoms with E-state index in [4.69, 9.17) is 14.7 Å². The number of nitrogens with one attached hydrogen (secondary N) is 1. The molecular formula is C25H31F2N4O4+. The number of amides is 1. The number of carbonyl (C=O) groups excluding carboxylic acids is 1. The van der Waals surface area contributed by atoms with Crippen molar-refractivity contribution < 1.29 is 33.0 Å². The molecule has 3 aromatic rings. The minimum absolute atomic E-state index is 0.0593. The van der Waals surface area contributed by atoms with Gasteiger partial charge in [0.15, 0.2) is 0 Å². The molecular weight excluding hydrogens is 458 g/mol. The van der Waals surface area contributed by atoms with Crippen LogP contribution in [0.2, 0.25) is 0 Å². The number of anilines is 1. The summed E-state index contributed by atoms with van der Waals surface area (Å²) in [7, 11) is 1.23. The number of ether oxygens (including phenoxy) is 1. The Morgan fingerprint density at radius 2 is 2.11 bits per heavy atom. The van der Waals surface area contributed by atoms with Crippen LogP contribution in [0, 0.1) is 5.92 Å². The van der Waals surface area contributed by atoms with Crippen LogP contribution >= 0.6 is 0 Å². The number of benzene rings is 1. The molecule has 35 heavy (non-hydrogen) atoms. The molecule has 0 saturated heterocycles. The maximum absolute atomic E-state index is 13.4. The average Bonchev–Trinajstić information content (AvgIpc) is 3.59. The predicted molar refractivity (Wildman–Crippen MR) is 126 cm³/mol. The van der Waals surface area contributed by atoms with Crippen molar-refractivity contribution in [1.82, 2.24) is 9.78 Å². The fraction of sp³-hybridized carbons (Fsp3) is 0.480. The third kappa shape index (κ3) is 5.70. The van der Waals surface area contributed by atoms with E-state index in [1.165, 1.54) is 25.3 Å². The maximum atomic E-state index is 13.4. The SMILES string of the molecule is CCC[C@H](CCO)n1cc2cc(NC(=O)c3cccc(C(F)F)[n+]3OC)c(OCC3CC3)cc2n1. The summed E-state index contributed by atoms with van der Waals surface area (Å²) in [5.41, 5.74) is 0.634. The first kappa shape index (κ1) is 24.8. The minimum atomic E-state index is -2.81. The Kier molecular flexibility index (Phi) is 7.80. The van der Waals surface area contributed by atoms with E-state index in [9.17, 15) is 18.7 Å². The van der Waals surface area contributed by atoms with Gasteiger partial charge >= 0.3 is 23.7 Å². The third-order valence-electron chi connectivity index (χ3n) is 6.11. The van der Waals surface area contributed by atoms with E-state index in [-0.39, 0.29) is 18.3 Å². The smallest absolute Gasteiger partial charge is 0.325 e. The molecule has 1 aliphatic carbocycles. The number of aliphatic hydroxyl groups excluding tert-OH is 1. The van der Waals surface area contributed by atoms with Crippen molar-refractivity contribution in [3.05, 3.63) is 47.9 Å². The summed E-state index contributed by atoms with van der Waals surface area (Å²) in [6.45, 7) is 2.67. The molecule has 2 heterocycles. The quantitative estimate of drug-likeness (QED) is 0.374. The Morgan fingerprint density at radius 3 is 2.77 bits per heavy atom. The number of aliphatic hydroxyl groups is 1. The van der Waals surface area contributed by atoms with E-state index in [0.29, 0.717) is 35.9 Å². The van der Waals surface area contributed by atoms with Gasteiger partial charge in [-0.25, -0.2) is 0 Å². The van der Waals surface area contributed by atoms with Gasteiger partial charge in [-0.05, 0) is 43.7 Å². The molecule has 10 heteroatoms. The van der Waals surface area contributed by atoms with Crippen molar-refractivity contribution in [3.63, 3.8) is 0 Å². The van der Waals surface area contributed by atoms with Crippen LogP contribution in [0.4, 0.5) is 14.5 Å². The first-order valence-corrected chi connectivity index (χ1v) is 11.9. The molecule has 1 amide bonds. The highest BCUT2D eigenvalue weighted by atomic mass is 19.3. The molecule has 4 rings (SSSR count). The highest BCUT2D eigenvalue weighted by Gasteiger charge is 2.31. The fourth-order valence-electron chi connectivity index (χ4n) is 4.09. The first-order chi connectivity index (χ1) is 16.9. The van der Waals surface area contributed by atoms with Gasteiger partial charge in [0.05, 0.1) is 23.9 Å². The van der Waals surface area contributed by atoms with Crippen LogP contribution in [0.25, 0.3) is 10.9 Å². The van der Waals surface area contributed by atoms with Crippen LogP contribution < -0.4 is 19.6 Å². The number of hydrogen-bond donors (Lipinski definition) is 2. The Balaban J connectivity index is 1.68. The lowest BCUT2D eigenvalue weighted by atomic mass is 10.1. The van der Waals surface area contributed by atoms with Crippen LogP contribution in [0.1, 0.15) is 67.7 Å². The summed E-state index contributed by atoms with van der Waals surface area (Å²) in [5.74, 6) is 0.344. The number of alkyl halides is 2. The molecule has 1 aliphatic rings. The Hall–Kier alpha value is -3.27. The van der Waals surface area contributed by atoms with Crippen LogP contribution in [0.5, 0.6) is 5.75 Å². The second-order valence-corrected chi connectivity index (χ2v) is 8.79. The Labute approximate surface area is 202 Å². The van der Waals surface area contributed by atoms with Gasteiger partial charge < -0.3 is 15.2 Å². The summed E-state index contributed by atoms with van der Waals surface area (Å²) in [5, 5.41) is 17.7. The number of nitrogens with zero attached hydrogens (tertiary/aromatic N) is 3. The van der Waals surface area contributed by atoms with Gasteiger partial charge in [0.1, 0.15) is 12.9 Å². The minimum Gasteiger partial charge on any atom is -0.491 e. The predicted octanol–water partition coefficient (Wildman–Crippen LogP) is 4.08. The monoisotopic (exact) mass is 489 g/mol. The van der Waals surface area contributed by atoms with E-state index >= 15 is 0 Å². The highest BCUT2D eigenvalue weighted by Crippen LogP contribution is 2.35. The van der Waals surface area contributed by atoms with E-state index < -0.39 is 18.0 Å². The van der Waals surface area contributed by atoms with Crippen molar-refractivity contribution in [2.24, 2.45) is 5.92 Å². The maximum Gasteiger partial charge on any atom is 0.325 e. The zero-order valence-electron chi connectivity index (χ0n) is 19.9. The highest BCUT2D eigenvalue weighted by molar-refractivity contribution is 6.04. The molecule has 1 aromatic carbocycles. The van der Waals surface area contributed by atoms with Crippen molar-refractivity contribution in [2.75, 3.05) is 25.6 Å². The van der Waals surface area contributed by atoms with Gasteiger partial charge in [-0.1, -0.05) is 13.3 Å². The number of rotatable bonds is 12. The summed E-state index contributed by atoms with van der Waals surface area (Å²) in [6, 6.07) is 7.62. The molecule has 1 fully saturated rings. The third-order valence-corrected chi connectivity index (χ3v) is 6.11. The van der Waals surface area contributed by atoms with Crippen molar-refractivity contribution >= 4 is 22.5 Å². The Morgan fingerprint density at radius 1 is 1.31 bits per heavy atom. The molecule has 1 atom stereocenters. The molecule has 8 nitrogen and oxygen atoms in total. The standard InChI is InChI=1S/C25H30F2N4O4/c1-3-5-18(10-11-32)30-14-17-12-20(23(13-19(17)29-30)35-15-16-8-9-16)28-25(33)22-7-4-6-21(24(26)27)31(22)34-2/h4,6-7,12-14,16,18,24,32H,3,5,8-11,15H2,1-2H3/p+1/t18-/m1/s1. The average molecular weight is 490 g/mol. The number of carbonyl (C=O) groups is 1. The fourth-order valence-corrected chi connectivity index (χ4v) is 4.09. The summed E-state index contributed by atoms with van der Waals surface area (Å²) in [4.78, 5) is 18.2.